The van der Waals surface area contributed by atoms with E-state index in [-0.39, 0.29) is 5.91 Å². The minimum Gasteiger partial charge on any atom is -0.493 e. The Balaban J connectivity index is 1.48. The lowest BCUT2D eigenvalue weighted by Gasteiger charge is -2.08. The van der Waals surface area contributed by atoms with Gasteiger partial charge in [-0.2, -0.15) is 0 Å². The van der Waals surface area contributed by atoms with Gasteiger partial charge in [-0.05, 0) is 48.5 Å². The van der Waals surface area contributed by atoms with Gasteiger partial charge in [0.05, 0.1) is 19.9 Å². The van der Waals surface area contributed by atoms with Crippen molar-refractivity contribution in [3.05, 3.63) is 83.7 Å². The number of benzene rings is 3. The number of anilines is 1. The van der Waals surface area contributed by atoms with E-state index < -0.39 is 0 Å². The van der Waals surface area contributed by atoms with E-state index in [0.29, 0.717) is 33.7 Å². The molecule has 4 rings (SSSR count). The minimum atomic E-state index is -0.258. The fourth-order valence-electron chi connectivity index (χ4n) is 2.95. The molecule has 1 aromatic heterocycles. The van der Waals surface area contributed by atoms with Crippen molar-refractivity contribution in [3.63, 3.8) is 0 Å². The van der Waals surface area contributed by atoms with Crippen LogP contribution in [0, 0.1) is 0 Å². The minimum absolute atomic E-state index is 0.258. The van der Waals surface area contributed by atoms with Crippen molar-refractivity contribution in [2.45, 2.75) is 0 Å². The summed E-state index contributed by atoms with van der Waals surface area (Å²) in [5.74, 6) is 2.30. The highest BCUT2D eigenvalue weighted by atomic mass is 32.1. The topological polar surface area (TPSA) is 69.7 Å². The zero-order chi connectivity index (χ0) is 21.6. The van der Waals surface area contributed by atoms with Crippen LogP contribution in [0.25, 0.3) is 11.3 Å². The average Bonchev–Trinajstić information content (AvgIpc) is 3.28. The molecule has 0 saturated carbocycles. The van der Waals surface area contributed by atoms with Gasteiger partial charge in [0.1, 0.15) is 11.5 Å². The number of methoxy groups -OCH3 is 2. The third-order valence-electron chi connectivity index (χ3n) is 4.48. The van der Waals surface area contributed by atoms with E-state index in [4.69, 9.17) is 14.2 Å². The number of carbonyl (C=O) groups is 1. The van der Waals surface area contributed by atoms with Crippen LogP contribution < -0.4 is 19.5 Å². The van der Waals surface area contributed by atoms with E-state index in [2.05, 4.69) is 10.3 Å². The Kier molecular flexibility index (Phi) is 6.14. The summed E-state index contributed by atoms with van der Waals surface area (Å²) in [5, 5.41) is 5.23. The van der Waals surface area contributed by atoms with Gasteiger partial charge < -0.3 is 14.2 Å². The van der Waals surface area contributed by atoms with Gasteiger partial charge in [-0.1, -0.05) is 24.3 Å². The third kappa shape index (κ3) is 4.84. The number of para-hydroxylation sites is 1. The van der Waals surface area contributed by atoms with Gasteiger partial charge in [-0.15, -0.1) is 11.3 Å². The highest BCUT2D eigenvalue weighted by Crippen LogP contribution is 2.33. The highest BCUT2D eigenvalue weighted by molar-refractivity contribution is 7.14. The van der Waals surface area contributed by atoms with Gasteiger partial charge in [0.15, 0.2) is 16.6 Å². The van der Waals surface area contributed by atoms with Crippen molar-refractivity contribution in [3.8, 4) is 34.3 Å². The zero-order valence-electron chi connectivity index (χ0n) is 17.0. The van der Waals surface area contributed by atoms with E-state index in [9.17, 15) is 4.79 Å². The molecule has 0 aliphatic rings. The van der Waals surface area contributed by atoms with Crippen LogP contribution in [0.4, 0.5) is 5.13 Å². The Bertz CT molecular complexity index is 1190. The molecule has 1 amide bonds. The van der Waals surface area contributed by atoms with Gasteiger partial charge in [-0.25, -0.2) is 4.98 Å². The van der Waals surface area contributed by atoms with Gasteiger partial charge in [0, 0.05) is 16.5 Å². The maximum atomic E-state index is 12.7. The summed E-state index contributed by atoms with van der Waals surface area (Å²) in [4.78, 5) is 17.2. The summed E-state index contributed by atoms with van der Waals surface area (Å²) in [6.07, 6.45) is 0. The van der Waals surface area contributed by atoms with Crippen molar-refractivity contribution in [1.29, 1.82) is 0 Å². The van der Waals surface area contributed by atoms with Crippen molar-refractivity contribution >= 4 is 22.4 Å². The number of nitrogens with one attached hydrogen (secondary N) is 1. The van der Waals surface area contributed by atoms with Gasteiger partial charge in [0.25, 0.3) is 5.91 Å². The molecule has 31 heavy (non-hydrogen) atoms. The summed E-state index contributed by atoms with van der Waals surface area (Å²) < 4.78 is 16.4. The summed E-state index contributed by atoms with van der Waals surface area (Å²) in [6.45, 7) is 0. The summed E-state index contributed by atoms with van der Waals surface area (Å²) >= 11 is 1.35. The standard InChI is InChI=1S/C24H20N2O4S/c1-28-21-12-11-16(14-22(21)29-2)20-15-31-24(25-20)26-23(27)17-7-6-10-19(13-17)30-18-8-4-3-5-9-18/h3-15H,1-2H3,(H,25,26,27). The third-order valence-corrected chi connectivity index (χ3v) is 5.24. The van der Waals surface area contributed by atoms with Crippen molar-refractivity contribution in [1.82, 2.24) is 4.98 Å². The molecule has 6 nitrogen and oxygen atoms in total. The van der Waals surface area contributed by atoms with Crippen molar-refractivity contribution in [2.75, 3.05) is 19.5 Å². The average molecular weight is 433 g/mol. The number of amides is 1. The Morgan fingerprint density at radius 3 is 2.42 bits per heavy atom. The molecule has 0 bridgehead atoms. The van der Waals surface area contributed by atoms with Gasteiger partial charge in [-0.3, -0.25) is 10.1 Å². The van der Waals surface area contributed by atoms with E-state index in [1.165, 1.54) is 11.3 Å². The molecule has 0 saturated heterocycles. The van der Waals surface area contributed by atoms with Crippen LogP contribution >= 0.6 is 11.3 Å². The summed E-state index contributed by atoms with van der Waals surface area (Å²) in [6, 6.07) is 22.0. The van der Waals surface area contributed by atoms with Crippen LogP contribution in [0.5, 0.6) is 23.0 Å². The van der Waals surface area contributed by atoms with Crippen LogP contribution in [0.2, 0.25) is 0 Å². The fraction of sp³-hybridized carbons (Fsp3) is 0.0833. The normalized spacial score (nSPS) is 10.4. The number of hydrogen-bond acceptors (Lipinski definition) is 6. The number of ether oxygens (including phenoxy) is 3. The van der Waals surface area contributed by atoms with Crippen molar-refractivity contribution < 1.29 is 19.0 Å². The number of carbonyl (C=O) groups excluding carboxylic acids is 1. The second kappa shape index (κ2) is 9.32. The summed E-state index contributed by atoms with van der Waals surface area (Å²) in [5.41, 5.74) is 2.09. The molecule has 0 aliphatic carbocycles. The largest absolute Gasteiger partial charge is 0.493 e. The second-order valence-electron chi connectivity index (χ2n) is 6.50. The van der Waals surface area contributed by atoms with Crippen LogP contribution in [0.3, 0.4) is 0 Å². The predicted molar refractivity (Wildman–Crippen MR) is 122 cm³/mol. The van der Waals surface area contributed by atoms with Crippen LogP contribution in [-0.4, -0.2) is 25.1 Å². The quantitative estimate of drug-likeness (QED) is 0.395. The molecule has 0 aliphatic heterocycles. The number of hydrogen-bond donors (Lipinski definition) is 1. The van der Waals surface area contributed by atoms with E-state index in [1.807, 2.05) is 60.0 Å². The number of thiazole rings is 1. The second-order valence-corrected chi connectivity index (χ2v) is 7.36. The predicted octanol–water partition coefficient (Wildman–Crippen LogP) is 5.87. The first-order valence-electron chi connectivity index (χ1n) is 9.48. The number of aromatic nitrogens is 1. The Morgan fingerprint density at radius 2 is 1.65 bits per heavy atom. The van der Waals surface area contributed by atoms with Crippen LogP contribution in [-0.2, 0) is 0 Å². The first-order chi connectivity index (χ1) is 15.2. The zero-order valence-corrected chi connectivity index (χ0v) is 17.8. The van der Waals surface area contributed by atoms with Gasteiger partial charge in [0.2, 0.25) is 0 Å². The van der Waals surface area contributed by atoms with Gasteiger partial charge >= 0.3 is 0 Å². The summed E-state index contributed by atoms with van der Waals surface area (Å²) in [7, 11) is 3.18. The lowest BCUT2D eigenvalue weighted by atomic mass is 10.1. The van der Waals surface area contributed by atoms with Crippen molar-refractivity contribution in [2.24, 2.45) is 0 Å². The monoisotopic (exact) mass is 432 g/mol. The lowest BCUT2D eigenvalue weighted by molar-refractivity contribution is 0.102. The van der Waals surface area contributed by atoms with E-state index in [1.54, 1.807) is 32.4 Å². The fourth-order valence-corrected chi connectivity index (χ4v) is 3.67. The molecule has 0 atom stereocenters. The molecule has 156 valence electrons. The Labute approximate surface area is 184 Å². The van der Waals surface area contributed by atoms with E-state index >= 15 is 0 Å². The molecule has 0 radical (unpaired) electrons. The number of rotatable bonds is 7. The smallest absolute Gasteiger partial charge is 0.257 e. The molecule has 0 unspecified atom stereocenters. The number of nitrogens with zero attached hydrogens (tertiary/aromatic N) is 1. The maximum absolute atomic E-state index is 12.7. The molecule has 4 aromatic rings. The first-order valence-corrected chi connectivity index (χ1v) is 10.4. The first kappa shape index (κ1) is 20.4. The molecule has 0 spiro atoms. The molecule has 0 fully saturated rings. The molecule has 3 aromatic carbocycles. The van der Waals surface area contributed by atoms with Crippen LogP contribution in [0.15, 0.2) is 78.2 Å². The molecule has 1 N–H and O–H groups in total. The molecule has 1 heterocycles. The molecule has 7 heteroatoms. The Morgan fingerprint density at radius 1 is 0.871 bits per heavy atom. The molecular weight excluding hydrogens is 412 g/mol. The molecular formula is C24H20N2O4S. The SMILES string of the molecule is COc1ccc(-c2csc(NC(=O)c3cccc(Oc4ccccc4)c3)n2)cc1OC. The lowest BCUT2D eigenvalue weighted by Crippen LogP contribution is -2.11. The Hall–Kier alpha value is -3.84. The highest BCUT2D eigenvalue weighted by Gasteiger charge is 2.13. The van der Waals surface area contributed by atoms with E-state index in [0.717, 1.165) is 11.3 Å². The maximum Gasteiger partial charge on any atom is 0.257 e. The van der Waals surface area contributed by atoms with Crippen LogP contribution in [0.1, 0.15) is 10.4 Å².